The SMILES string of the molecule is C[Si](C)(C)CCOCn1nc(-c2ccc(-c3ccc(O)cc3)cn2)nc1C(F)(F)F. The Labute approximate surface area is 173 Å². The minimum atomic E-state index is -4.65. The van der Waals surface area contributed by atoms with Crippen molar-refractivity contribution in [2.45, 2.75) is 38.6 Å². The van der Waals surface area contributed by atoms with Crippen molar-refractivity contribution in [3.63, 3.8) is 0 Å². The van der Waals surface area contributed by atoms with Gasteiger partial charge in [-0.15, -0.1) is 5.10 Å². The summed E-state index contributed by atoms with van der Waals surface area (Å²) in [5.41, 5.74) is 1.80. The molecule has 0 aliphatic carbocycles. The molecule has 2 heterocycles. The zero-order valence-electron chi connectivity index (χ0n) is 16.9. The second kappa shape index (κ2) is 8.56. The van der Waals surface area contributed by atoms with E-state index in [4.69, 9.17) is 4.74 Å². The van der Waals surface area contributed by atoms with E-state index in [9.17, 15) is 18.3 Å². The lowest BCUT2D eigenvalue weighted by Crippen LogP contribution is -2.23. The number of benzene rings is 1. The number of pyridine rings is 1. The van der Waals surface area contributed by atoms with Crippen molar-refractivity contribution in [2.24, 2.45) is 0 Å². The smallest absolute Gasteiger partial charge is 0.451 e. The van der Waals surface area contributed by atoms with Crippen molar-refractivity contribution < 1.29 is 23.0 Å². The highest BCUT2D eigenvalue weighted by Gasteiger charge is 2.38. The number of rotatable bonds is 7. The van der Waals surface area contributed by atoms with Gasteiger partial charge >= 0.3 is 6.18 Å². The number of halogens is 3. The lowest BCUT2D eigenvalue weighted by molar-refractivity contribution is -0.150. The number of aromatic nitrogens is 4. The topological polar surface area (TPSA) is 73.1 Å². The van der Waals surface area contributed by atoms with Crippen molar-refractivity contribution in [3.05, 3.63) is 48.4 Å². The summed E-state index contributed by atoms with van der Waals surface area (Å²) in [7, 11) is -1.35. The van der Waals surface area contributed by atoms with Crippen LogP contribution in [-0.2, 0) is 17.6 Å². The van der Waals surface area contributed by atoms with Crippen LogP contribution in [0.3, 0.4) is 0 Å². The molecule has 3 aromatic rings. The fourth-order valence-electron chi connectivity index (χ4n) is 2.63. The maximum Gasteiger partial charge on any atom is 0.451 e. The minimum absolute atomic E-state index is 0.117. The van der Waals surface area contributed by atoms with Gasteiger partial charge in [0.05, 0.1) is 0 Å². The molecule has 2 aromatic heterocycles. The summed E-state index contributed by atoms with van der Waals surface area (Å²) >= 11 is 0. The number of ether oxygens (including phenoxy) is 1. The van der Waals surface area contributed by atoms with Gasteiger partial charge in [-0.1, -0.05) is 37.8 Å². The van der Waals surface area contributed by atoms with Crippen molar-refractivity contribution in [3.8, 4) is 28.4 Å². The summed E-state index contributed by atoms with van der Waals surface area (Å²) in [6.45, 7) is 6.55. The standard InChI is InChI=1S/C20H23F3N4O2Si/c1-30(2,3)11-10-29-13-27-19(20(21,22)23)25-18(26-27)17-9-6-15(12-24-17)14-4-7-16(28)8-5-14/h4-9,12,28H,10-11,13H2,1-3H3. The van der Waals surface area contributed by atoms with Crippen LogP contribution in [0.15, 0.2) is 42.6 Å². The highest BCUT2D eigenvalue weighted by atomic mass is 28.3. The molecule has 30 heavy (non-hydrogen) atoms. The van der Waals surface area contributed by atoms with E-state index in [1.54, 1.807) is 36.4 Å². The van der Waals surface area contributed by atoms with Crippen molar-refractivity contribution >= 4 is 8.07 Å². The second-order valence-corrected chi connectivity index (χ2v) is 13.7. The average molecular weight is 437 g/mol. The first-order valence-corrected chi connectivity index (χ1v) is 13.1. The van der Waals surface area contributed by atoms with Crippen LogP contribution in [0.5, 0.6) is 5.75 Å². The predicted molar refractivity (Wildman–Crippen MR) is 109 cm³/mol. The predicted octanol–water partition coefficient (Wildman–Crippen LogP) is 5.04. The van der Waals surface area contributed by atoms with Gasteiger partial charge in [-0.25, -0.2) is 9.67 Å². The van der Waals surface area contributed by atoms with E-state index in [0.717, 1.165) is 21.9 Å². The number of alkyl halides is 3. The molecule has 10 heteroatoms. The molecule has 0 atom stereocenters. The molecule has 0 saturated heterocycles. The van der Waals surface area contributed by atoms with Gasteiger partial charge in [0.15, 0.2) is 5.82 Å². The molecule has 1 N–H and O–H groups in total. The first-order chi connectivity index (χ1) is 14.0. The zero-order valence-corrected chi connectivity index (χ0v) is 17.9. The highest BCUT2D eigenvalue weighted by Crippen LogP contribution is 2.30. The highest BCUT2D eigenvalue weighted by molar-refractivity contribution is 6.76. The average Bonchev–Trinajstić information content (AvgIpc) is 3.10. The van der Waals surface area contributed by atoms with Crippen molar-refractivity contribution in [1.82, 2.24) is 19.7 Å². The van der Waals surface area contributed by atoms with Crippen LogP contribution in [-0.4, -0.2) is 39.5 Å². The molecule has 0 aliphatic rings. The van der Waals surface area contributed by atoms with Gasteiger partial charge in [0, 0.05) is 26.4 Å². The third kappa shape index (κ3) is 5.67. The Kier molecular flexibility index (Phi) is 6.27. The Morgan fingerprint density at radius 2 is 1.70 bits per heavy atom. The lowest BCUT2D eigenvalue weighted by atomic mass is 10.1. The quantitative estimate of drug-likeness (QED) is 0.415. The molecule has 160 valence electrons. The van der Waals surface area contributed by atoms with Crippen molar-refractivity contribution in [2.75, 3.05) is 6.61 Å². The number of aromatic hydroxyl groups is 1. The van der Waals surface area contributed by atoms with Crippen LogP contribution in [0, 0.1) is 0 Å². The first kappa shape index (κ1) is 22.0. The largest absolute Gasteiger partial charge is 0.508 e. The van der Waals surface area contributed by atoms with Gasteiger partial charge < -0.3 is 9.84 Å². The van der Waals surface area contributed by atoms with E-state index in [-0.39, 0.29) is 24.0 Å². The number of hydrogen-bond acceptors (Lipinski definition) is 5. The fraction of sp³-hybridized carbons (Fsp3) is 0.350. The number of nitrogens with zero attached hydrogens (tertiary/aromatic N) is 4. The van der Waals surface area contributed by atoms with Crippen LogP contribution >= 0.6 is 0 Å². The van der Waals surface area contributed by atoms with E-state index in [2.05, 4.69) is 34.7 Å². The molecule has 3 rings (SSSR count). The first-order valence-electron chi connectivity index (χ1n) is 9.38. The molecular formula is C20H23F3N4O2Si. The normalized spacial score (nSPS) is 12.3. The molecule has 0 radical (unpaired) electrons. The van der Waals surface area contributed by atoms with Crippen LogP contribution in [0.2, 0.25) is 25.7 Å². The summed E-state index contributed by atoms with van der Waals surface area (Å²) in [6.07, 6.45) is -3.13. The van der Waals surface area contributed by atoms with E-state index < -0.39 is 20.1 Å². The molecule has 0 bridgehead atoms. The van der Waals surface area contributed by atoms with Gasteiger partial charge in [0.2, 0.25) is 5.82 Å². The molecular weight excluding hydrogens is 413 g/mol. The van der Waals surface area contributed by atoms with Gasteiger partial charge in [-0.2, -0.15) is 13.2 Å². The molecule has 0 fully saturated rings. The minimum Gasteiger partial charge on any atom is -0.508 e. The fourth-order valence-corrected chi connectivity index (χ4v) is 3.39. The van der Waals surface area contributed by atoms with Gasteiger partial charge in [0.1, 0.15) is 18.2 Å². The zero-order chi connectivity index (χ0) is 21.9. The molecule has 0 unspecified atom stereocenters. The Morgan fingerprint density at radius 1 is 1.03 bits per heavy atom. The second-order valence-electron chi connectivity index (χ2n) is 8.08. The van der Waals surface area contributed by atoms with Gasteiger partial charge in [-0.05, 0) is 29.8 Å². The van der Waals surface area contributed by atoms with Crippen molar-refractivity contribution in [1.29, 1.82) is 0 Å². The summed E-state index contributed by atoms with van der Waals surface area (Å²) in [4.78, 5) is 7.86. The summed E-state index contributed by atoms with van der Waals surface area (Å²) in [5, 5.41) is 13.3. The molecule has 0 spiro atoms. The van der Waals surface area contributed by atoms with Crippen LogP contribution < -0.4 is 0 Å². The Hall–Kier alpha value is -2.72. The Bertz CT molecular complexity index is 981. The van der Waals surface area contributed by atoms with E-state index in [0.29, 0.717) is 6.61 Å². The number of phenolic OH excluding ortho intramolecular Hbond substituents is 1. The van der Waals surface area contributed by atoms with Gasteiger partial charge in [0.25, 0.3) is 0 Å². The molecule has 0 amide bonds. The lowest BCUT2D eigenvalue weighted by Gasteiger charge is -2.15. The molecule has 6 nitrogen and oxygen atoms in total. The Morgan fingerprint density at radius 3 is 2.27 bits per heavy atom. The van der Waals surface area contributed by atoms with E-state index >= 15 is 0 Å². The van der Waals surface area contributed by atoms with Crippen LogP contribution in [0.1, 0.15) is 5.82 Å². The number of hydrogen-bond donors (Lipinski definition) is 1. The van der Waals surface area contributed by atoms with Crippen LogP contribution in [0.25, 0.3) is 22.6 Å². The maximum absolute atomic E-state index is 13.4. The molecule has 0 saturated carbocycles. The third-order valence-corrected chi connectivity index (χ3v) is 6.03. The Balaban J connectivity index is 1.80. The maximum atomic E-state index is 13.4. The van der Waals surface area contributed by atoms with E-state index in [1.165, 1.54) is 6.20 Å². The summed E-state index contributed by atoms with van der Waals surface area (Å²) in [5.74, 6) is -1.09. The monoisotopic (exact) mass is 436 g/mol. The summed E-state index contributed by atoms with van der Waals surface area (Å²) in [6, 6.07) is 10.7. The number of phenols is 1. The summed E-state index contributed by atoms with van der Waals surface area (Å²) < 4.78 is 46.3. The van der Waals surface area contributed by atoms with Gasteiger partial charge in [-0.3, -0.25) is 4.98 Å². The molecule has 0 aliphatic heterocycles. The van der Waals surface area contributed by atoms with E-state index in [1.807, 2.05) is 0 Å². The third-order valence-electron chi connectivity index (χ3n) is 4.33. The van der Waals surface area contributed by atoms with Crippen LogP contribution in [0.4, 0.5) is 13.2 Å². The molecule has 1 aromatic carbocycles.